The average molecular weight is 235 g/mol. The average Bonchev–Trinajstić information content (AvgIpc) is 2.67. The molecule has 2 rings (SSSR count). The fourth-order valence-electron chi connectivity index (χ4n) is 1.80. The Balaban J connectivity index is 2.06. The first-order valence-electron chi connectivity index (χ1n) is 5.82. The van der Waals surface area contributed by atoms with E-state index in [2.05, 4.69) is 10.3 Å². The summed E-state index contributed by atoms with van der Waals surface area (Å²) >= 11 is 0. The number of amides is 1. The summed E-state index contributed by atoms with van der Waals surface area (Å²) in [5, 5.41) is 2.93. The van der Waals surface area contributed by atoms with Crippen molar-refractivity contribution in [3.05, 3.63) is 23.9 Å². The quantitative estimate of drug-likeness (QED) is 0.830. The number of nitrogens with zero attached hydrogens (tertiary/aromatic N) is 2. The van der Waals surface area contributed by atoms with E-state index in [0.717, 1.165) is 25.4 Å². The van der Waals surface area contributed by atoms with Gasteiger partial charge in [0.1, 0.15) is 5.82 Å². The Morgan fingerprint density at radius 2 is 2.29 bits per heavy atom. The van der Waals surface area contributed by atoms with Crippen molar-refractivity contribution in [3.63, 3.8) is 0 Å². The largest absolute Gasteiger partial charge is 0.380 e. The number of anilines is 1. The summed E-state index contributed by atoms with van der Waals surface area (Å²) in [4.78, 5) is 18.1. The molecule has 0 radical (unpaired) electrons. The maximum absolute atomic E-state index is 12.2. The highest BCUT2D eigenvalue weighted by molar-refractivity contribution is 5.94. The second kappa shape index (κ2) is 5.63. The molecule has 92 valence electrons. The molecule has 1 aromatic heterocycles. The Hall–Kier alpha value is -1.62. The molecule has 1 aromatic rings. The zero-order chi connectivity index (χ0) is 12.1. The third-order valence-electron chi connectivity index (χ3n) is 2.78. The van der Waals surface area contributed by atoms with Gasteiger partial charge in [0.15, 0.2) is 0 Å². The van der Waals surface area contributed by atoms with Crippen LogP contribution in [0.5, 0.6) is 0 Å². The lowest BCUT2D eigenvalue weighted by atomic mass is 10.2. The first kappa shape index (κ1) is 11.9. The molecular formula is C12H17N3O2. The minimum atomic E-state index is 0.0330. The monoisotopic (exact) mass is 235 g/mol. The number of pyridine rings is 1. The van der Waals surface area contributed by atoms with E-state index < -0.39 is 0 Å². The molecular weight excluding hydrogens is 218 g/mol. The van der Waals surface area contributed by atoms with Gasteiger partial charge in [-0.15, -0.1) is 0 Å². The molecule has 5 nitrogen and oxygen atoms in total. The molecule has 0 unspecified atom stereocenters. The van der Waals surface area contributed by atoms with Crippen LogP contribution in [0.2, 0.25) is 0 Å². The lowest BCUT2D eigenvalue weighted by Gasteiger charge is -2.19. The molecule has 1 saturated heterocycles. The molecule has 0 bridgehead atoms. The fourth-order valence-corrected chi connectivity index (χ4v) is 1.80. The van der Waals surface area contributed by atoms with Crippen LogP contribution in [0.3, 0.4) is 0 Å². The number of ether oxygens (including phenoxy) is 1. The van der Waals surface area contributed by atoms with Crippen molar-refractivity contribution < 1.29 is 9.53 Å². The molecule has 0 atom stereocenters. The molecule has 1 fully saturated rings. The third kappa shape index (κ3) is 2.94. The van der Waals surface area contributed by atoms with Crippen molar-refractivity contribution >= 4 is 11.7 Å². The highest BCUT2D eigenvalue weighted by atomic mass is 16.5. The SMILES string of the molecule is CNc1ccc(C(=O)N2CCCOCC2)cn1. The number of rotatable bonds is 2. The molecule has 1 aliphatic rings. The lowest BCUT2D eigenvalue weighted by Crippen LogP contribution is -2.33. The van der Waals surface area contributed by atoms with Crippen LogP contribution in [0, 0.1) is 0 Å². The first-order chi connectivity index (χ1) is 8.31. The maximum Gasteiger partial charge on any atom is 0.255 e. The summed E-state index contributed by atoms with van der Waals surface area (Å²) in [5.74, 6) is 0.798. The van der Waals surface area contributed by atoms with Crippen LogP contribution in [0.4, 0.5) is 5.82 Å². The molecule has 0 aliphatic carbocycles. The van der Waals surface area contributed by atoms with E-state index in [1.807, 2.05) is 11.0 Å². The molecule has 1 amide bonds. The van der Waals surface area contributed by atoms with E-state index in [-0.39, 0.29) is 5.91 Å². The van der Waals surface area contributed by atoms with Crippen LogP contribution >= 0.6 is 0 Å². The summed E-state index contributed by atoms with van der Waals surface area (Å²) in [7, 11) is 1.80. The van der Waals surface area contributed by atoms with Crippen molar-refractivity contribution in [2.75, 3.05) is 38.7 Å². The lowest BCUT2D eigenvalue weighted by molar-refractivity contribution is 0.0741. The number of nitrogens with one attached hydrogen (secondary N) is 1. The normalized spacial score (nSPS) is 16.4. The standard InChI is InChI=1S/C12H17N3O2/c1-13-11-4-3-10(9-14-11)12(16)15-5-2-7-17-8-6-15/h3-4,9H,2,5-8H2,1H3,(H,13,14). The van der Waals surface area contributed by atoms with Gasteiger partial charge in [0.05, 0.1) is 12.2 Å². The van der Waals surface area contributed by atoms with Crippen molar-refractivity contribution in [1.29, 1.82) is 0 Å². The molecule has 1 N–H and O–H groups in total. The fraction of sp³-hybridized carbons (Fsp3) is 0.500. The number of carbonyl (C=O) groups excluding carboxylic acids is 1. The van der Waals surface area contributed by atoms with E-state index in [4.69, 9.17) is 4.74 Å². The number of hydrogen-bond donors (Lipinski definition) is 1. The Morgan fingerprint density at radius 1 is 1.41 bits per heavy atom. The Labute approximate surface area is 101 Å². The highest BCUT2D eigenvalue weighted by Gasteiger charge is 2.17. The van der Waals surface area contributed by atoms with Gasteiger partial charge in [-0.25, -0.2) is 4.98 Å². The van der Waals surface area contributed by atoms with Crippen LogP contribution in [0.1, 0.15) is 16.8 Å². The van der Waals surface area contributed by atoms with Gasteiger partial charge in [-0.05, 0) is 18.6 Å². The smallest absolute Gasteiger partial charge is 0.255 e. The molecule has 0 saturated carbocycles. The second-order valence-electron chi connectivity index (χ2n) is 3.94. The topological polar surface area (TPSA) is 54.5 Å². The Bertz CT molecular complexity index is 370. The Morgan fingerprint density at radius 3 is 3.00 bits per heavy atom. The second-order valence-corrected chi connectivity index (χ2v) is 3.94. The molecule has 0 spiro atoms. The van der Waals surface area contributed by atoms with Crippen molar-refractivity contribution in [2.24, 2.45) is 0 Å². The summed E-state index contributed by atoms with van der Waals surface area (Å²) < 4.78 is 5.33. The summed E-state index contributed by atoms with van der Waals surface area (Å²) in [6.07, 6.45) is 2.51. The molecule has 5 heteroatoms. The van der Waals surface area contributed by atoms with Gasteiger partial charge in [-0.2, -0.15) is 0 Å². The van der Waals surface area contributed by atoms with Crippen molar-refractivity contribution in [1.82, 2.24) is 9.88 Å². The third-order valence-corrected chi connectivity index (χ3v) is 2.78. The summed E-state index contributed by atoms with van der Waals surface area (Å²) in [6.45, 7) is 2.77. The van der Waals surface area contributed by atoms with E-state index in [0.29, 0.717) is 18.7 Å². The minimum Gasteiger partial charge on any atom is -0.380 e. The predicted octanol–water partition coefficient (Wildman–Crippen LogP) is 0.986. The van der Waals surface area contributed by atoms with Crippen molar-refractivity contribution in [3.8, 4) is 0 Å². The minimum absolute atomic E-state index is 0.0330. The van der Waals surface area contributed by atoms with Crippen LogP contribution in [-0.2, 0) is 4.74 Å². The van der Waals surface area contributed by atoms with Gasteiger partial charge in [-0.3, -0.25) is 4.79 Å². The van der Waals surface area contributed by atoms with Gasteiger partial charge in [0, 0.05) is 32.9 Å². The van der Waals surface area contributed by atoms with Gasteiger partial charge in [0.2, 0.25) is 0 Å². The maximum atomic E-state index is 12.2. The van der Waals surface area contributed by atoms with Gasteiger partial charge in [0.25, 0.3) is 5.91 Å². The zero-order valence-corrected chi connectivity index (χ0v) is 9.98. The number of hydrogen-bond acceptors (Lipinski definition) is 4. The Kier molecular flexibility index (Phi) is 3.93. The summed E-state index contributed by atoms with van der Waals surface area (Å²) in [5.41, 5.74) is 0.630. The van der Waals surface area contributed by atoms with Gasteiger partial charge >= 0.3 is 0 Å². The van der Waals surface area contributed by atoms with E-state index in [9.17, 15) is 4.79 Å². The zero-order valence-electron chi connectivity index (χ0n) is 9.98. The molecule has 0 aromatic carbocycles. The van der Waals surface area contributed by atoms with Crippen LogP contribution in [0.15, 0.2) is 18.3 Å². The number of carbonyl (C=O) groups is 1. The van der Waals surface area contributed by atoms with E-state index in [1.165, 1.54) is 0 Å². The van der Waals surface area contributed by atoms with Gasteiger partial charge in [-0.1, -0.05) is 0 Å². The number of aromatic nitrogens is 1. The van der Waals surface area contributed by atoms with E-state index in [1.54, 1.807) is 19.3 Å². The first-order valence-corrected chi connectivity index (χ1v) is 5.82. The van der Waals surface area contributed by atoms with Crippen LogP contribution < -0.4 is 5.32 Å². The molecule has 2 heterocycles. The summed E-state index contributed by atoms with van der Waals surface area (Å²) in [6, 6.07) is 3.61. The molecule has 1 aliphatic heterocycles. The highest BCUT2D eigenvalue weighted by Crippen LogP contribution is 2.09. The van der Waals surface area contributed by atoms with E-state index >= 15 is 0 Å². The van der Waals surface area contributed by atoms with Crippen molar-refractivity contribution in [2.45, 2.75) is 6.42 Å². The van der Waals surface area contributed by atoms with Crippen LogP contribution in [0.25, 0.3) is 0 Å². The molecule has 17 heavy (non-hydrogen) atoms. The predicted molar refractivity (Wildman–Crippen MR) is 65.1 cm³/mol. The van der Waals surface area contributed by atoms with Crippen LogP contribution in [-0.4, -0.2) is 49.1 Å². The van der Waals surface area contributed by atoms with Gasteiger partial charge < -0.3 is 15.0 Å².